The van der Waals surface area contributed by atoms with Crippen LogP contribution >= 0.6 is 0 Å². The summed E-state index contributed by atoms with van der Waals surface area (Å²) in [4.78, 5) is 20.6. The molecule has 1 unspecified atom stereocenters. The molecule has 2 heterocycles. The van der Waals surface area contributed by atoms with Crippen molar-refractivity contribution < 1.29 is 4.92 Å². The van der Waals surface area contributed by atoms with E-state index in [2.05, 4.69) is 27.2 Å². The van der Waals surface area contributed by atoms with E-state index >= 15 is 0 Å². The summed E-state index contributed by atoms with van der Waals surface area (Å²) in [5.41, 5.74) is 5.73. The zero-order valence-corrected chi connectivity index (χ0v) is 11.1. The normalized spacial score (nSPS) is 19.6. The van der Waals surface area contributed by atoms with Crippen LogP contribution in [0.2, 0.25) is 0 Å². The molecular formula is C11H18N6O2. The predicted molar refractivity (Wildman–Crippen MR) is 71.9 cm³/mol. The summed E-state index contributed by atoms with van der Waals surface area (Å²) in [7, 11) is 2.06. The number of nitro groups is 1. The fourth-order valence-electron chi connectivity index (χ4n) is 2.36. The minimum Gasteiger partial charge on any atom is -0.368 e. The second-order valence-electron chi connectivity index (χ2n) is 4.92. The number of aromatic nitrogens is 2. The molecule has 0 bridgehead atoms. The van der Waals surface area contributed by atoms with E-state index in [0.717, 1.165) is 19.5 Å². The number of nitrogens with one attached hydrogen (secondary N) is 1. The maximum Gasteiger partial charge on any atom is 0.332 e. The maximum atomic E-state index is 11.0. The van der Waals surface area contributed by atoms with Crippen molar-refractivity contribution in [2.24, 2.45) is 5.92 Å². The van der Waals surface area contributed by atoms with Crippen LogP contribution in [-0.2, 0) is 0 Å². The van der Waals surface area contributed by atoms with Gasteiger partial charge in [-0.25, -0.2) is 4.98 Å². The summed E-state index contributed by atoms with van der Waals surface area (Å²) in [5, 5.41) is 14.1. The van der Waals surface area contributed by atoms with Gasteiger partial charge in [-0.1, -0.05) is 0 Å². The topological polar surface area (TPSA) is 110 Å². The lowest BCUT2D eigenvalue weighted by atomic mass is 10.1. The molecule has 1 aliphatic heterocycles. The summed E-state index contributed by atoms with van der Waals surface area (Å²) in [5.74, 6) is 0.736. The van der Waals surface area contributed by atoms with Gasteiger partial charge < -0.3 is 16.0 Å². The highest BCUT2D eigenvalue weighted by Crippen LogP contribution is 2.26. The van der Waals surface area contributed by atoms with Gasteiger partial charge in [0.1, 0.15) is 5.69 Å². The summed E-state index contributed by atoms with van der Waals surface area (Å²) in [6.45, 7) is 4.26. The lowest BCUT2D eigenvalue weighted by molar-refractivity contribution is -0.385. The molecule has 1 aromatic heterocycles. The molecule has 3 N–H and O–H groups in total. The number of anilines is 2. The van der Waals surface area contributed by atoms with Crippen molar-refractivity contribution in [3.63, 3.8) is 0 Å². The summed E-state index contributed by atoms with van der Waals surface area (Å²) in [6.07, 6.45) is 1.08. The summed E-state index contributed by atoms with van der Waals surface area (Å²) < 4.78 is 0. The third kappa shape index (κ3) is 3.08. The minimum absolute atomic E-state index is 0.0501. The van der Waals surface area contributed by atoms with Crippen LogP contribution in [0.3, 0.4) is 0 Å². The van der Waals surface area contributed by atoms with E-state index in [-0.39, 0.29) is 23.1 Å². The van der Waals surface area contributed by atoms with Crippen molar-refractivity contribution in [3.05, 3.63) is 15.8 Å². The highest BCUT2D eigenvalue weighted by Gasteiger charge is 2.24. The average Bonchev–Trinajstić information content (AvgIpc) is 2.71. The van der Waals surface area contributed by atoms with Gasteiger partial charge in [0.05, 0.1) is 4.92 Å². The predicted octanol–water partition coefficient (Wildman–Crippen LogP) is 0.639. The monoisotopic (exact) mass is 266 g/mol. The molecule has 1 fully saturated rings. The molecule has 1 saturated heterocycles. The van der Waals surface area contributed by atoms with Crippen LogP contribution in [0.4, 0.5) is 17.5 Å². The Labute approximate surface area is 111 Å². The van der Waals surface area contributed by atoms with Gasteiger partial charge in [0.25, 0.3) is 0 Å². The van der Waals surface area contributed by atoms with E-state index < -0.39 is 4.92 Å². The molecule has 1 aromatic rings. The zero-order valence-electron chi connectivity index (χ0n) is 11.1. The Morgan fingerprint density at radius 1 is 1.58 bits per heavy atom. The SMILES string of the molecule is Cc1nc(N)nc(NCC2CCN(C)C2)c1[N+](=O)[O-]. The number of nitrogens with zero attached hydrogens (tertiary/aromatic N) is 4. The standard InChI is InChI=1S/C11H18N6O2/c1-7-9(17(18)19)10(15-11(12)14-7)13-5-8-3-4-16(2)6-8/h8H,3-6H2,1-2H3,(H3,12,13,14,15). The van der Waals surface area contributed by atoms with E-state index in [1.54, 1.807) is 6.92 Å². The Balaban J connectivity index is 2.12. The van der Waals surface area contributed by atoms with Crippen LogP contribution in [0.15, 0.2) is 0 Å². The fraction of sp³-hybridized carbons (Fsp3) is 0.636. The first kappa shape index (κ1) is 13.5. The molecule has 0 aromatic carbocycles. The molecule has 8 nitrogen and oxygen atoms in total. The number of hydrogen-bond acceptors (Lipinski definition) is 7. The van der Waals surface area contributed by atoms with Gasteiger partial charge >= 0.3 is 5.69 Å². The zero-order chi connectivity index (χ0) is 14.0. The highest BCUT2D eigenvalue weighted by molar-refractivity contribution is 5.60. The third-order valence-electron chi connectivity index (χ3n) is 3.31. The number of nitrogens with two attached hydrogens (primary N) is 1. The maximum absolute atomic E-state index is 11.0. The van der Waals surface area contributed by atoms with Crippen LogP contribution < -0.4 is 11.1 Å². The van der Waals surface area contributed by atoms with Gasteiger partial charge in [-0.3, -0.25) is 10.1 Å². The first-order valence-electron chi connectivity index (χ1n) is 6.18. The van der Waals surface area contributed by atoms with Gasteiger partial charge in [0.15, 0.2) is 0 Å². The van der Waals surface area contributed by atoms with Crippen LogP contribution in [0, 0.1) is 23.0 Å². The number of hydrogen-bond donors (Lipinski definition) is 2. The molecule has 0 radical (unpaired) electrons. The van der Waals surface area contributed by atoms with Crippen LogP contribution in [0.25, 0.3) is 0 Å². The Hall–Kier alpha value is -1.96. The van der Waals surface area contributed by atoms with Crippen molar-refractivity contribution in [2.75, 3.05) is 37.7 Å². The largest absolute Gasteiger partial charge is 0.368 e. The van der Waals surface area contributed by atoms with Crippen molar-refractivity contribution in [1.29, 1.82) is 0 Å². The number of rotatable bonds is 4. The summed E-state index contributed by atoms with van der Waals surface area (Å²) >= 11 is 0. The number of likely N-dealkylation sites (tertiary alicyclic amines) is 1. The number of aryl methyl sites for hydroxylation is 1. The molecule has 0 aliphatic carbocycles. The Kier molecular flexibility index (Phi) is 3.79. The highest BCUT2D eigenvalue weighted by atomic mass is 16.6. The second kappa shape index (κ2) is 5.35. The lowest BCUT2D eigenvalue weighted by Crippen LogP contribution is -2.20. The Morgan fingerprint density at radius 3 is 2.89 bits per heavy atom. The number of nitrogen functional groups attached to an aromatic ring is 1. The van der Waals surface area contributed by atoms with Gasteiger partial charge in [-0.2, -0.15) is 4.98 Å². The van der Waals surface area contributed by atoms with Crippen molar-refractivity contribution in [3.8, 4) is 0 Å². The molecular weight excluding hydrogens is 248 g/mol. The first-order valence-corrected chi connectivity index (χ1v) is 6.18. The first-order chi connectivity index (χ1) is 8.97. The van der Waals surface area contributed by atoms with E-state index in [1.165, 1.54) is 0 Å². The van der Waals surface area contributed by atoms with Crippen molar-refractivity contribution in [2.45, 2.75) is 13.3 Å². The molecule has 19 heavy (non-hydrogen) atoms. The fourth-order valence-corrected chi connectivity index (χ4v) is 2.36. The molecule has 1 atom stereocenters. The van der Waals surface area contributed by atoms with E-state index in [4.69, 9.17) is 5.73 Å². The van der Waals surface area contributed by atoms with Crippen molar-refractivity contribution in [1.82, 2.24) is 14.9 Å². The van der Waals surface area contributed by atoms with E-state index in [9.17, 15) is 10.1 Å². The van der Waals surface area contributed by atoms with Crippen molar-refractivity contribution >= 4 is 17.5 Å². The molecule has 0 amide bonds. The van der Waals surface area contributed by atoms with Crippen LogP contribution in [0.5, 0.6) is 0 Å². The van der Waals surface area contributed by atoms with Crippen LogP contribution in [-0.4, -0.2) is 46.5 Å². The Morgan fingerprint density at radius 2 is 2.32 bits per heavy atom. The molecule has 0 spiro atoms. The van der Waals surface area contributed by atoms with Gasteiger partial charge in [-0.05, 0) is 32.9 Å². The van der Waals surface area contributed by atoms with Crippen LogP contribution in [0.1, 0.15) is 12.1 Å². The molecule has 0 saturated carbocycles. The summed E-state index contributed by atoms with van der Waals surface area (Å²) in [6, 6.07) is 0. The molecule has 8 heteroatoms. The van der Waals surface area contributed by atoms with E-state index in [0.29, 0.717) is 12.5 Å². The molecule has 1 aliphatic rings. The second-order valence-corrected chi connectivity index (χ2v) is 4.92. The lowest BCUT2D eigenvalue weighted by Gasteiger charge is -2.12. The van der Waals surface area contributed by atoms with Gasteiger partial charge in [0, 0.05) is 13.1 Å². The third-order valence-corrected chi connectivity index (χ3v) is 3.31. The molecule has 2 rings (SSSR count). The van der Waals surface area contributed by atoms with E-state index in [1.807, 2.05) is 0 Å². The average molecular weight is 266 g/mol. The smallest absolute Gasteiger partial charge is 0.332 e. The molecule has 104 valence electrons. The Bertz CT molecular complexity index is 492. The minimum atomic E-state index is -0.474. The quantitative estimate of drug-likeness (QED) is 0.607. The van der Waals surface area contributed by atoms with Gasteiger partial charge in [-0.15, -0.1) is 0 Å². The van der Waals surface area contributed by atoms with Gasteiger partial charge in [0.2, 0.25) is 11.8 Å².